The van der Waals surface area contributed by atoms with Crippen LogP contribution in [0.5, 0.6) is 0 Å². The van der Waals surface area contributed by atoms with Crippen LogP contribution in [-0.4, -0.2) is 11.7 Å². The molecular formula is C6H14OY. The van der Waals surface area contributed by atoms with Gasteiger partial charge in [0.2, 0.25) is 0 Å². The molecule has 0 aromatic heterocycles. The fraction of sp³-hybridized carbons (Fsp3) is 1.00. The molecule has 0 bridgehead atoms. The van der Waals surface area contributed by atoms with Gasteiger partial charge in [0, 0.05) is 39.3 Å². The molecule has 0 aromatic carbocycles. The standard InChI is InChI=1S/C6H14O.Y/c1-2-3-4-5-6-7;/h7H,2-6H2,1H3;. The van der Waals surface area contributed by atoms with E-state index in [4.69, 9.17) is 5.11 Å². The second-order valence-electron chi connectivity index (χ2n) is 1.78. The fourth-order valence-corrected chi connectivity index (χ4v) is 0.539. The molecule has 1 N–H and O–H groups in total. The molecule has 0 unspecified atom stereocenters. The van der Waals surface area contributed by atoms with E-state index in [1.165, 1.54) is 19.3 Å². The molecule has 0 heterocycles. The first-order valence-electron chi connectivity index (χ1n) is 3.02. The monoisotopic (exact) mass is 191 g/mol. The van der Waals surface area contributed by atoms with E-state index < -0.39 is 0 Å². The molecule has 0 saturated heterocycles. The zero-order valence-corrected chi connectivity index (χ0v) is 8.40. The summed E-state index contributed by atoms with van der Waals surface area (Å²) in [6.45, 7) is 2.53. The van der Waals surface area contributed by atoms with Gasteiger partial charge in [0.05, 0.1) is 0 Å². The maximum atomic E-state index is 8.29. The molecule has 0 aromatic rings. The van der Waals surface area contributed by atoms with Crippen LogP contribution < -0.4 is 0 Å². The van der Waals surface area contributed by atoms with Crippen LogP contribution in [0.25, 0.3) is 0 Å². The molecule has 1 nitrogen and oxygen atoms in total. The maximum absolute atomic E-state index is 8.29. The van der Waals surface area contributed by atoms with E-state index >= 15 is 0 Å². The summed E-state index contributed by atoms with van der Waals surface area (Å²) < 4.78 is 0. The van der Waals surface area contributed by atoms with Gasteiger partial charge in [-0.25, -0.2) is 0 Å². The summed E-state index contributed by atoms with van der Waals surface area (Å²) in [6, 6.07) is 0. The minimum atomic E-state index is 0. The van der Waals surface area contributed by atoms with Gasteiger partial charge in [-0.15, -0.1) is 0 Å². The van der Waals surface area contributed by atoms with Gasteiger partial charge < -0.3 is 5.11 Å². The van der Waals surface area contributed by atoms with Crippen molar-refractivity contribution in [2.75, 3.05) is 6.61 Å². The molecule has 0 aliphatic carbocycles. The van der Waals surface area contributed by atoms with Crippen LogP contribution in [0.2, 0.25) is 0 Å². The third kappa shape index (κ3) is 10.1. The third-order valence-electron chi connectivity index (χ3n) is 1.01. The van der Waals surface area contributed by atoms with Crippen molar-refractivity contribution in [1.29, 1.82) is 0 Å². The molecule has 47 valence electrons. The van der Waals surface area contributed by atoms with Crippen LogP contribution in [0.1, 0.15) is 32.6 Å². The first kappa shape index (κ1) is 11.8. The number of rotatable bonds is 4. The largest absolute Gasteiger partial charge is 0.396 e. The molecule has 0 saturated carbocycles. The minimum absolute atomic E-state index is 0. The van der Waals surface area contributed by atoms with E-state index in [2.05, 4.69) is 6.92 Å². The van der Waals surface area contributed by atoms with Crippen LogP contribution in [-0.2, 0) is 32.7 Å². The molecule has 0 rings (SSSR count). The Bertz CT molecular complexity index is 27.7. The number of aliphatic hydroxyl groups is 1. The smallest absolute Gasteiger partial charge is 0.0431 e. The summed E-state index contributed by atoms with van der Waals surface area (Å²) in [5.41, 5.74) is 0. The second kappa shape index (κ2) is 10.9. The Hall–Kier alpha value is 1.06. The minimum Gasteiger partial charge on any atom is -0.396 e. The van der Waals surface area contributed by atoms with Crippen LogP contribution in [0.4, 0.5) is 0 Å². The second-order valence-corrected chi connectivity index (χ2v) is 1.78. The number of aliphatic hydroxyl groups excluding tert-OH is 1. The van der Waals surface area contributed by atoms with Crippen molar-refractivity contribution in [2.24, 2.45) is 0 Å². The van der Waals surface area contributed by atoms with E-state index in [0.717, 1.165) is 6.42 Å². The number of unbranched alkanes of at least 4 members (excludes halogenated alkanes) is 3. The first-order chi connectivity index (χ1) is 3.41. The SMILES string of the molecule is CCCCCCO.[Y]. The Morgan fingerprint density at radius 2 is 1.75 bits per heavy atom. The molecule has 0 fully saturated rings. The van der Waals surface area contributed by atoms with Gasteiger partial charge in [-0.05, 0) is 6.42 Å². The van der Waals surface area contributed by atoms with Gasteiger partial charge in [0.1, 0.15) is 0 Å². The molecule has 0 aliphatic rings. The number of hydrogen-bond acceptors (Lipinski definition) is 1. The van der Waals surface area contributed by atoms with Crippen molar-refractivity contribution in [3.63, 3.8) is 0 Å². The van der Waals surface area contributed by atoms with Crippen LogP contribution in [0.3, 0.4) is 0 Å². The molecule has 2 heteroatoms. The van der Waals surface area contributed by atoms with E-state index in [-0.39, 0.29) is 32.7 Å². The van der Waals surface area contributed by atoms with Gasteiger partial charge in [-0.2, -0.15) is 0 Å². The zero-order valence-electron chi connectivity index (χ0n) is 5.56. The Labute approximate surface area is 76.7 Å². The quantitative estimate of drug-likeness (QED) is 0.668. The van der Waals surface area contributed by atoms with Crippen molar-refractivity contribution in [1.82, 2.24) is 0 Å². The fourth-order valence-electron chi connectivity index (χ4n) is 0.539. The van der Waals surface area contributed by atoms with Crippen LogP contribution in [0.15, 0.2) is 0 Å². The topological polar surface area (TPSA) is 20.2 Å². The predicted molar refractivity (Wildman–Crippen MR) is 31.2 cm³/mol. The van der Waals surface area contributed by atoms with Crippen molar-refractivity contribution in [3.05, 3.63) is 0 Å². The summed E-state index contributed by atoms with van der Waals surface area (Å²) >= 11 is 0. The summed E-state index contributed by atoms with van der Waals surface area (Å²) in [4.78, 5) is 0. The summed E-state index contributed by atoms with van der Waals surface area (Å²) in [7, 11) is 0. The Morgan fingerprint density at radius 1 is 1.12 bits per heavy atom. The summed E-state index contributed by atoms with van der Waals surface area (Å²) in [6.07, 6.45) is 4.68. The first-order valence-corrected chi connectivity index (χ1v) is 3.02. The van der Waals surface area contributed by atoms with Gasteiger partial charge >= 0.3 is 0 Å². The molecule has 8 heavy (non-hydrogen) atoms. The Balaban J connectivity index is 0. The van der Waals surface area contributed by atoms with Crippen molar-refractivity contribution < 1.29 is 37.8 Å². The van der Waals surface area contributed by atoms with Gasteiger partial charge in [-0.3, -0.25) is 0 Å². The van der Waals surface area contributed by atoms with E-state index in [0.29, 0.717) is 6.61 Å². The Kier molecular flexibility index (Phi) is 16.2. The molecule has 0 spiro atoms. The van der Waals surface area contributed by atoms with Crippen LogP contribution >= 0.6 is 0 Å². The average molecular weight is 191 g/mol. The van der Waals surface area contributed by atoms with Crippen molar-refractivity contribution >= 4 is 0 Å². The molecular weight excluding hydrogens is 177 g/mol. The molecule has 0 atom stereocenters. The summed E-state index contributed by atoms with van der Waals surface area (Å²) in [5, 5.41) is 8.29. The Morgan fingerprint density at radius 3 is 2.12 bits per heavy atom. The van der Waals surface area contributed by atoms with Crippen LogP contribution in [0, 0.1) is 0 Å². The van der Waals surface area contributed by atoms with Gasteiger partial charge in [0.15, 0.2) is 0 Å². The summed E-state index contributed by atoms with van der Waals surface area (Å²) in [5.74, 6) is 0. The van der Waals surface area contributed by atoms with Crippen molar-refractivity contribution in [2.45, 2.75) is 32.6 Å². The van der Waals surface area contributed by atoms with E-state index in [9.17, 15) is 0 Å². The zero-order chi connectivity index (χ0) is 5.54. The predicted octanol–water partition coefficient (Wildman–Crippen LogP) is 1.56. The molecule has 1 radical (unpaired) electrons. The average Bonchev–Trinajstić information content (AvgIpc) is 1.69. The van der Waals surface area contributed by atoms with Crippen molar-refractivity contribution in [3.8, 4) is 0 Å². The van der Waals surface area contributed by atoms with Gasteiger partial charge in [-0.1, -0.05) is 26.2 Å². The van der Waals surface area contributed by atoms with E-state index in [1.54, 1.807) is 0 Å². The van der Waals surface area contributed by atoms with Gasteiger partial charge in [0.25, 0.3) is 0 Å². The normalized spacial score (nSPS) is 8.25. The van der Waals surface area contributed by atoms with E-state index in [1.807, 2.05) is 0 Å². The molecule has 0 aliphatic heterocycles. The number of hydrogen-bond donors (Lipinski definition) is 1. The third-order valence-corrected chi connectivity index (χ3v) is 1.01. The maximum Gasteiger partial charge on any atom is 0.0431 e. The molecule has 0 amide bonds.